The van der Waals surface area contributed by atoms with Gasteiger partial charge in [0, 0.05) is 37.3 Å². The van der Waals surface area contributed by atoms with Gasteiger partial charge in [0.1, 0.15) is 6.04 Å². The summed E-state index contributed by atoms with van der Waals surface area (Å²) in [7, 11) is 2.03. The van der Waals surface area contributed by atoms with Crippen LogP contribution in [0.3, 0.4) is 0 Å². The van der Waals surface area contributed by atoms with Gasteiger partial charge in [-0.05, 0) is 48.7 Å². The molecule has 2 saturated heterocycles. The summed E-state index contributed by atoms with van der Waals surface area (Å²) in [5.74, 6) is -2.68. The highest BCUT2D eigenvalue weighted by atomic mass is 19.4. The lowest BCUT2D eigenvalue weighted by Gasteiger charge is -2.38. The lowest BCUT2D eigenvalue weighted by molar-refractivity contribution is -0.252. The Morgan fingerprint density at radius 2 is 1.73 bits per heavy atom. The number of likely N-dealkylation sites (N-methyl/N-ethyl adjacent to an activating group) is 1. The summed E-state index contributed by atoms with van der Waals surface area (Å²) in [6.07, 6.45) is -5.29. The first-order chi connectivity index (χ1) is 21.1. The van der Waals surface area contributed by atoms with E-state index in [1.807, 2.05) is 49.5 Å². The molecule has 11 heteroatoms. The van der Waals surface area contributed by atoms with E-state index in [1.54, 1.807) is 24.3 Å². The Morgan fingerprint density at radius 1 is 0.977 bits per heavy atom. The zero-order valence-electron chi connectivity index (χ0n) is 24.4. The second-order valence-corrected chi connectivity index (χ2v) is 11.3. The van der Waals surface area contributed by atoms with Crippen molar-refractivity contribution in [2.45, 2.75) is 63.1 Å². The van der Waals surface area contributed by atoms with Gasteiger partial charge in [-0.1, -0.05) is 66.7 Å². The molecule has 0 spiro atoms. The van der Waals surface area contributed by atoms with E-state index in [9.17, 15) is 27.9 Å². The van der Waals surface area contributed by atoms with Crippen molar-refractivity contribution in [3.8, 4) is 0 Å². The Kier molecular flexibility index (Phi) is 10.00. The maximum Gasteiger partial charge on any atom is 0.471 e. The summed E-state index contributed by atoms with van der Waals surface area (Å²) in [5, 5.41) is 12.2. The Balaban J connectivity index is 1.32. The predicted molar refractivity (Wildman–Crippen MR) is 157 cm³/mol. The normalized spacial score (nSPS) is 22.3. The highest BCUT2D eigenvalue weighted by Gasteiger charge is 2.47. The first kappa shape index (κ1) is 31.6. The number of anilines is 1. The molecule has 44 heavy (non-hydrogen) atoms. The Labute approximate surface area is 254 Å². The van der Waals surface area contributed by atoms with E-state index in [2.05, 4.69) is 22.3 Å². The van der Waals surface area contributed by atoms with E-state index in [0.29, 0.717) is 35.5 Å². The number of halogens is 3. The molecule has 2 fully saturated rings. The molecular weight excluding hydrogens is 575 g/mol. The zero-order chi connectivity index (χ0) is 31.3. The largest absolute Gasteiger partial charge is 0.471 e. The first-order valence-corrected chi connectivity index (χ1v) is 14.6. The van der Waals surface area contributed by atoms with Crippen molar-refractivity contribution in [1.82, 2.24) is 9.80 Å². The van der Waals surface area contributed by atoms with Crippen LogP contribution in [0.25, 0.3) is 0 Å². The van der Waals surface area contributed by atoms with Crippen LogP contribution >= 0.6 is 0 Å². The monoisotopic (exact) mass is 611 g/mol. The van der Waals surface area contributed by atoms with Gasteiger partial charge < -0.3 is 24.8 Å². The summed E-state index contributed by atoms with van der Waals surface area (Å²) in [6, 6.07) is 23.3. The molecule has 234 valence electrons. The summed E-state index contributed by atoms with van der Waals surface area (Å²) >= 11 is 0. The van der Waals surface area contributed by atoms with Crippen molar-refractivity contribution < 1.29 is 37.3 Å². The Bertz CT molecular complexity index is 1420. The average Bonchev–Trinajstić information content (AvgIpc) is 3.51. The van der Waals surface area contributed by atoms with Crippen molar-refractivity contribution in [1.29, 1.82) is 0 Å². The number of hydrogen-bond acceptors (Lipinski definition) is 6. The number of carbonyl (C=O) groups excluding carboxylic acids is 2. The van der Waals surface area contributed by atoms with E-state index in [0.717, 1.165) is 17.7 Å². The smallest absolute Gasteiger partial charge is 0.392 e. The third-order valence-corrected chi connectivity index (χ3v) is 7.91. The molecule has 4 atom stereocenters. The number of aliphatic hydroxyl groups is 1. The molecule has 0 aromatic heterocycles. The Hall–Kier alpha value is -3.77. The molecule has 2 heterocycles. The van der Waals surface area contributed by atoms with E-state index in [-0.39, 0.29) is 31.8 Å². The number of amides is 2. The molecule has 0 aliphatic carbocycles. The van der Waals surface area contributed by atoms with E-state index in [1.165, 1.54) is 5.56 Å². The second kappa shape index (κ2) is 13.9. The standard InChI is InChI=1S/C33H36F3N3O5/c1-38(19-22-7-3-2-4-8-22)20-27-18-29(24-14-12-23(21-40)13-15-24)44-31(43-27)25-9-5-10-26(17-25)37-30(41)28-11-6-16-39(28)32(42)33(34,35)36/h2-5,7-10,12-15,17,27-29,31,40H,6,11,16,18-21H2,1H3,(H,37,41)/t27-,28+,29+,31+/m1/s1. The van der Waals surface area contributed by atoms with Gasteiger partial charge in [-0.3, -0.25) is 14.5 Å². The predicted octanol–water partition coefficient (Wildman–Crippen LogP) is 5.35. The van der Waals surface area contributed by atoms with Crippen LogP contribution in [0.5, 0.6) is 0 Å². The van der Waals surface area contributed by atoms with Gasteiger partial charge in [-0.2, -0.15) is 13.2 Å². The molecule has 0 radical (unpaired) electrons. The minimum Gasteiger partial charge on any atom is -0.392 e. The number of rotatable bonds is 9. The molecule has 0 saturated carbocycles. The number of aliphatic hydroxyl groups excluding tert-OH is 1. The summed E-state index contributed by atoms with van der Waals surface area (Å²) in [6.45, 7) is 1.17. The number of benzene rings is 3. The quantitative estimate of drug-likeness (QED) is 0.339. The van der Waals surface area contributed by atoms with Crippen LogP contribution in [-0.2, 0) is 32.2 Å². The van der Waals surface area contributed by atoms with Crippen molar-refractivity contribution >= 4 is 17.5 Å². The van der Waals surface area contributed by atoms with Crippen molar-refractivity contribution in [3.63, 3.8) is 0 Å². The highest BCUT2D eigenvalue weighted by Crippen LogP contribution is 2.39. The van der Waals surface area contributed by atoms with Crippen LogP contribution in [-0.4, -0.2) is 65.2 Å². The van der Waals surface area contributed by atoms with Gasteiger partial charge in [0.15, 0.2) is 6.29 Å². The molecule has 2 aliphatic rings. The third-order valence-electron chi connectivity index (χ3n) is 7.91. The molecule has 3 aromatic carbocycles. The van der Waals surface area contributed by atoms with Crippen molar-refractivity contribution in [2.75, 3.05) is 25.5 Å². The van der Waals surface area contributed by atoms with Crippen LogP contribution < -0.4 is 5.32 Å². The SMILES string of the molecule is CN(Cc1ccccc1)C[C@H]1C[C@@H](c2ccc(CO)cc2)O[C@@H](c2cccc(NC(=O)[C@@H]3CCCN3C(=O)C(F)(F)F)c2)O1. The summed E-state index contributed by atoms with van der Waals surface area (Å²) < 4.78 is 52.1. The van der Waals surface area contributed by atoms with Crippen LogP contribution in [0.4, 0.5) is 18.9 Å². The van der Waals surface area contributed by atoms with Crippen LogP contribution in [0.1, 0.15) is 53.9 Å². The van der Waals surface area contributed by atoms with Crippen LogP contribution in [0.2, 0.25) is 0 Å². The highest BCUT2D eigenvalue weighted by molar-refractivity contribution is 5.98. The minimum atomic E-state index is -5.04. The number of nitrogens with one attached hydrogen (secondary N) is 1. The molecule has 0 unspecified atom stereocenters. The molecule has 8 nitrogen and oxygen atoms in total. The molecule has 5 rings (SSSR count). The fourth-order valence-corrected chi connectivity index (χ4v) is 5.77. The van der Waals surface area contributed by atoms with Gasteiger partial charge in [0.25, 0.3) is 0 Å². The van der Waals surface area contributed by atoms with Crippen LogP contribution in [0, 0.1) is 0 Å². The van der Waals surface area contributed by atoms with Gasteiger partial charge >= 0.3 is 12.1 Å². The van der Waals surface area contributed by atoms with Gasteiger partial charge in [0.05, 0.1) is 18.8 Å². The molecule has 3 aromatic rings. The third kappa shape index (κ3) is 7.84. The Morgan fingerprint density at radius 3 is 2.43 bits per heavy atom. The maximum atomic E-state index is 13.1. The first-order valence-electron chi connectivity index (χ1n) is 14.6. The fourth-order valence-electron chi connectivity index (χ4n) is 5.77. The van der Waals surface area contributed by atoms with E-state index < -0.39 is 30.3 Å². The molecule has 2 amide bonds. The minimum absolute atomic E-state index is 0.0636. The molecule has 0 bridgehead atoms. The van der Waals surface area contributed by atoms with Crippen LogP contribution in [0.15, 0.2) is 78.9 Å². The second-order valence-electron chi connectivity index (χ2n) is 11.3. The number of nitrogens with zero attached hydrogens (tertiary/aromatic N) is 2. The van der Waals surface area contributed by atoms with E-state index >= 15 is 0 Å². The molecular formula is C33H36F3N3O5. The topological polar surface area (TPSA) is 91.3 Å². The van der Waals surface area contributed by atoms with Gasteiger partial charge in [-0.15, -0.1) is 0 Å². The number of likely N-dealkylation sites (tertiary alicyclic amines) is 1. The number of ether oxygens (including phenoxy) is 2. The lowest BCUT2D eigenvalue weighted by atomic mass is 9.99. The molecule has 2 aliphatic heterocycles. The zero-order valence-corrected chi connectivity index (χ0v) is 24.4. The number of alkyl halides is 3. The van der Waals surface area contributed by atoms with E-state index in [4.69, 9.17) is 9.47 Å². The van der Waals surface area contributed by atoms with Crippen molar-refractivity contribution in [3.05, 3.63) is 101 Å². The summed E-state index contributed by atoms with van der Waals surface area (Å²) in [4.78, 5) is 27.6. The average molecular weight is 612 g/mol. The number of hydrogen-bond donors (Lipinski definition) is 2. The fraction of sp³-hybridized carbons (Fsp3) is 0.394. The summed E-state index contributed by atoms with van der Waals surface area (Å²) in [5.41, 5.74) is 3.89. The van der Waals surface area contributed by atoms with Crippen molar-refractivity contribution in [2.24, 2.45) is 0 Å². The lowest BCUT2D eigenvalue weighted by Crippen LogP contribution is -2.48. The molecule has 2 N–H and O–H groups in total. The van der Waals surface area contributed by atoms with Gasteiger partial charge in [0.2, 0.25) is 5.91 Å². The van der Waals surface area contributed by atoms with Gasteiger partial charge in [-0.25, -0.2) is 0 Å². The maximum absolute atomic E-state index is 13.1. The number of carbonyl (C=O) groups is 2.